The van der Waals surface area contributed by atoms with E-state index in [1.54, 1.807) is 19.2 Å². The molecule has 1 unspecified atom stereocenters. The maximum Gasteiger partial charge on any atom is 0.130 e. The molecule has 1 aromatic carbocycles. The van der Waals surface area contributed by atoms with Crippen molar-refractivity contribution in [2.45, 2.75) is 26.3 Å². The topological polar surface area (TPSA) is 24.9 Å². The Kier molecular flexibility index (Phi) is 4.63. The van der Waals surface area contributed by atoms with Crippen LogP contribution in [0, 0.1) is 12.7 Å². The van der Waals surface area contributed by atoms with Gasteiger partial charge in [0.05, 0.1) is 0 Å². The van der Waals surface area contributed by atoms with E-state index in [1.807, 2.05) is 37.3 Å². The largest absolute Gasteiger partial charge is 0.310 e. The SMILES string of the molecule is CCNC(Cc1ccccn1)c1cccc(C)c1F. The number of likely N-dealkylation sites (N-methyl/N-ethyl adjacent to an activating group) is 1. The van der Waals surface area contributed by atoms with E-state index in [4.69, 9.17) is 0 Å². The molecule has 3 heteroatoms. The number of hydrogen-bond acceptors (Lipinski definition) is 2. The average Bonchev–Trinajstić information content (AvgIpc) is 2.43. The van der Waals surface area contributed by atoms with Crippen molar-refractivity contribution < 1.29 is 4.39 Å². The van der Waals surface area contributed by atoms with Gasteiger partial charge in [-0.1, -0.05) is 31.2 Å². The minimum atomic E-state index is -0.121. The minimum Gasteiger partial charge on any atom is -0.310 e. The third-order valence-corrected chi connectivity index (χ3v) is 3.19. The average molecular weight is 258 g/mol. The molecule has 0 spiro atoms. The van der Waals surface area contributed by atoms with Crippen LogP contribution in [0.15, 0.2) is 42.6 Å². The zero-order valence-corrected chi connectivity index (χ0v) is 11.4. The number of aryl methyl sites for hydroxylation is 1. The van der Waals surface area contributed by atoms with Gasteiger partial charge in [0, 0.05) is 29.9 Å². The Balaban J connectivity index is 2.27. The highest BCUT2D eigenvalue weighted by Gasteiger charge is 2.16. The number of hydrogen-bond donors (Lipinski definition) is 1. The predicted molar refractivity (Wildman–Crippen MR) is 75.5 cm³/mol. The van der Waals surface area contributed by atoms with Crippen molar-refractivity contribution in [3.8, 4) is 0 Å². The Bertz CT molecular complexity index is 526. The molecule has 0 fully saturated rings. The van der Waals surface area contributed by atoms with Crippen LogP contribution in [-0.4, -0.2) is 11.5 Å². The first kappa shape index (κ1) is 13.7. The highest BCUT2D eigenvalue weighted by atomic mass is 19.1. The van der Waals surface area contributed by atoms with Crippen molar-refractivity contribution in [1.82, 2.24) is 10.3 Å². The lowest BCUT2D eigenvalue weighted by Gasteiger charge is -2.19. The molecular formula is C16H19FN2. The molecule has 0 saturated carbocycles. The van der Waals surface area contributed by atoms with Crippen LogP contribution in [0.5, 0.6) is 0 Å². The van der Waals surface area contributed by atoms with Crippen LogP contribution in [0.1, 0.15) is 29.8 Å². The van der Waals surface area contributed by atoms with Gasteiger partial charge in [0.2, 0.25) is 0 Å². The maximum atomic E-state index is 14.2. The summed E-state index contributed by atoms with van der Waals surface area (Å²) in [5, 5.41) is 3.34. The van der Waals surface area contributed by atoms with Gasteiger partial charge in [-0.25, -0.2) is 4.39 Å². The lowest BCUT2D eigenvalue weighted by molar-refractivity contribution is 0.503. The number of nitrogens with one attached hydrogen (secondary N) is 1. The second-order valence-corrected chi connectivity index (χ2v) is 4.61. The van der Waals surface area contributed by atoms with Crippen LogP contribution in [0.3, 0.4) is 0 Å². The third kappa shape index (κ3) is 3.38. The Morgan fingerprint density at radius 1 is 1.21 bits per heavy atom. The number of aromatic nitrogens is 1. The molecule has 1 N–H and O–H groups in total. The van der Waals surface area contributed by atoms with Crippen molar-refractivity contribution in [2.24, 2.45) is 0 Å². The van der Waals surface area contributed by atoms with Gasteiger partial charge in [0.15, 0.2) is 0 Å². The molecule has 1 atom stereocenters. The van der Waals surface area contributed by atoms with Gasteiger partial charge in [0.25, 0.3) is 0 Å². The van der Waals surface area contributed by atoms with Gasteiger partial charge in [0.1, 0.15) is 5.82 Å². The summed E-state index contributed by atoms with van der Waals surface area (Å²) in [6, 6.07) is 11.3. The van der Waals surface area contributed by atoms with Crippen molar-refractivity contribution >= 4 is 0 Å². The summed E-state index contributed by atoms with van der Waals surface area (Å²) >= 11 is 0. The fraction of sp³-hybridized carbons (Fsp3) is 0.312. The lowest BCUT2D eigenvalue weighted by atomic mass is 9.99. The first-order valence-electron chi connectivity index (χ1n) is 6.60. The van der Waals surface area contributed by atoms with Crippen LogP contribution >= 0.6 is 0 Å². The second-order valence-electron chi connectivity index (χ2n) is 4.61. The summed E-state index contributed by atoms with van der Waals surface area (Å²) in [6.07, 6.45) is 2.46. The highest BCUT2D eigenvalue weighted by molar-refractivity contribution is 5.28. The van der Waals surface area contributed by atoms with Gasteiger partial charge in [-0.3, -0.25) is 4.98 Å². The Morgan fingerprint density at radius 2 is 2.05 bits per heavy atom. The van der Waals surface area contributed by atoms with Crippen molar-refractivity contribution in [3.63, 3.8) is 0 Å². The molecule has 0 radical (unpaired) electrons. The zero-order valence-electron chi connectivity index (χ0n) is 11.4. The molecule has 2 nitrogen and oxygen atoms in total. The summed E-state index contributed by atoms with van der Waals surface area (Å²) in [5.41, 5.74) is 2.36. The third-order valence-electron chi connectivity index (χ3n) is 3.19. The molecule has 100 valence electrons. The summed E-state index contributed by atoms with van der Waals surface area (Å²) in [6.45, 7) is 4.62. The molecule has 0 saturated heterocycles. The predicted octanol–water partition coefficient (Wildman–Crippen LogP) is 3.42. The summed E-state index contributed by atoms with van der Waals surface area (Å²) in [5.74, 6) is -0.121. The summed E-state index contributed by atoms with van der Waals surface area (Å²) in [7, 11) is 0. The van der Waals surface area contributed by atoms with E-state index in [1.165, 1.54) is 0 Å². The summed E-state index contributed by atoms with van der Waals surface area (Å²) in [4.78, 5) is 4.32. The number of rotatable bonds is 5. The number of nitrogens with zero attached hydrogens (tertiary/aromatic N) is 1. The number of pyridine rings is 1. The normalized spacial score (nSPS) is 12.4. The fourth-order valence-electron chi connectivity index (χ4n) is 2.21. The van der Waals surface area contributed by atoms with Gasteiger partial charge < -0.3 is 5.32 Å². The molecule has 19 heavy (non-hydrogen) atoms. The molecule has 0 aliphatic rings. The van der Waals surface area contributed by atoms with Crippen molar-refractivity contribution in [2.75, 3.05) is 6.54 Å². The van der Waals surface area contributed by atoms with Gasteiger partial charge in [-0.05, 0) is 31.2 Å². The van der Waals surface area contributed by atoms with E-state index in [-0.39, 0.29) is 11.9 Å². The molecule has 1 heterocycles. The second kappa shape index (κ2) is 6.43. The van der Waals surface area contributed by atoms with E-state index in [9.17, 15) is 4.39 Å². The molecule has 1 aromatic heterocycles. The van der Waals surface area contributed by atoms with E-state index in [0.29, 0.717) is 17.5 Å². The Morgan fingerprint density at radius 3 is 2.74 bits per heavy atom. The standard InChI is InChI=1S/C16H19FN2/c1-3-18-15(11-13-8-4-5-10-19-13)14-9-6-7-12(2)16(14)17/h4-10,15,18H,3,11H2,1-2H3. The molecule has 0 aliphatic heterocycles. The number of halogens is 1. The Hall–Kier alpha value is -1.74. The highest BCUT2D eigenvalue weighted by Crippen LogP contribution is 2.22. The number of benzene rings is 1. The van der Waals surface area contributed by atoms with E-state index >= 15 is 0 Å². The van der Waals surface area contributed by atoms with E-state index < -0.39 is 0 Å². The Labute approximate surface area is 113 Å². The zero-order chi connectivity index (χ0) is 13.7. The first-order valence-corrected chi connectivity index (χ1v) is 6.60. The van der Waals surface area contributed by atoms with E-state index in [0.717, 1.165) is 12.2 Å². The van der Waals surface area contributed by atoms with Crippen LogP contribution in [0.25, 0.3) is 0 Å². The maximum absolute atomic E-state index is 14.2. The van der Waals surface area contributed by atoms with Crippen LogP contribution < -0.4 is 5.32 Å². The smallest absolute Gasteiger partial charge is 0.130 e. The van der Waals surface area contributed by atoms with Crippen molar-refractivity contribution in [3.05, 3.63) is 65.2 Å². The van der Waals surface area contributed by atoms with E-state index in [2.05, 4.69) is 10.3 Å². The molecule has 2 rings (SSSR count). The van der Waals surface area contributed by atoms with Crippen molar-refractivity contribution in [1.29, 1.82) is 0 Å². The minimum absolute atomic E-state index is 0.0419. The van der Waals surface area contributed by atoms with Gasteiger partial charge in [-0.2, -0.15) is 0 Å². The lowest BCUT2D eigenvalue weighted by Crippen LogP contribution is -2.24. The summed E-state index contributed by atoms with van der Waals surface area (Å²) < 4.78 is 14.2. The fourth-order valence-corrected chi connectivity index (χ4v) is 2.21. The van der Waals surface area contributed by atoms with Crippen LogP contribution in [0.2, 0.25) is 0 Å². The molecular weight excluding hydrogens is 239 g/mol. The van der Waals surface area contributed by atoms with Gasteiger partial charge in [-0.15, -0.1) is 0 Å². The molecule has 0 amide bonds. The van der Waals surface area contributed by atoms with Crippen LogP contribution in [-0.2, 0) is 6.42 Å². The van der Waals surface area contributed by atoms with Gasteiger partial charge >= 0.3 is 0 Å². The molecule has 0 aliphatic carbocycles. The molecule has 0 bridgehead atoms. The monoisotopic (exact) mass is 258 g/mol. The molecule has 2 aromatic rings. The quantitative estimate of drug-likeness (QED) is 0.888. The first-order chi connectivity index (χ1) is 9.22. The van der Waals surface area contributed by atoms with Crippen LogP contribution in [0.4, 0.5) is 4.39 Å².